The van der Waals surface area contributed by atoms with Crippen molar-refractivity contribution in [2.24, 2.45) is 0 Å². The minimum Gasteiger partial charge on any atom is -0.466 e. The fraction of sp³-hybridized carbons (Fsp3) is 0.357. The maximum absolute atomic E-state index is 11.4. The molecule has 0 amide bonds. The number of benzene rings is 1. The highest BCUT2D eigenvalue weighted by atomic mass is 16.5. The van der Waals surface area contributed by atoms with Gasteiger partial charge in [0.15, 0.2) is 0 Å². The van der Waals surface area contributed by atoms with Gasteiger partial charge in [-0.3, -0.25) is 4.79 Å². The fourth-order valence-corrected chi connectivity index (χ4v) is 1.89. The molecule has 0 radical (unpaired) electrons. The molecule has 5 nitrogen and oxygen atoms in total. The molecule has 5 heteroatoms. The third-order valence-corrected chi connectivity index (χ3v) is 2.84. The highest BCUT2D eigenvalue weighted by Gasteiger charge is 2.10. The molecule has 0 unspecified atom stereocenters. The lowest BCUT2D eigenvalue weighted by Crippen LogP contribution is -2.23. The third kappa shape index (κ3) is 3.19. The minimum atomic E-state index is -0.187. The number of fused-ring (bicyclic) bond motifs is 1. The molecule has 0 spiro atoms. The van der Waals surface area contributed by atoms with Gasteiger partial charge in [0.25, 0.3) is 0 Å². The molecule has 0 saturated carbocycles. The van der Waals surface area contributed by atoms with Crippen molar-refractivity contribution in [2.75, 3.05) is 25.1 Å². The van der Waals surface area contributed by atoms with E-state index in [1.807, 2.05) is 36.2 Å². The number of anilines is 1. The Kier molecular flexibility index (Phi) is 4.28. The zero-order valence-electron chi connectivity index (χ0n) is 11.2. The number of carbonyl (C=O) groups excluding carboxylic acids is 1. The predicted octanol–water partition coefficient (Wildman–Crippen LogP) is 2.02. The number of hydrogen-bond acceptors (Lipinski definition) is 5. The van der Waals surface area contributed by atoms with Gasteiger partial charge in [-0.1, -0.05) is 12.1 Å². The molecule has 1 aromatic heterocycles. The molecule has 0 aliphatic carbocycles. The molecule has 0 aliphatic rings. The average molecular weight is 259 g/mol. The fourth-order valence-electron chi connectivity index (χ4n) is 1.89. The van der Waals surface area contributed by atoms with Gasteiger partial charge in [-0.05, 0) is 19.1 Å². The van der Waals surface area contributed by atoms with E-state index in [-0.39, 0.29) is 5.97 Å². The van der Waals surface area contributed by atoms with Gasteiger partial charge in [-0.25, -0.2) is 9.97 Å². The van der Waals surface area contributed by atoms with Crippen LogP contribution in [0.25, 0.3) is 10.9 Å². The second kappa shape index (κ2) is 6.13. The minimum absolute atomic E-state index is 0.187. The SMILES string of the molecule is CCOC(=O)CCN(C)c1ncnc2ccccc12. The van der Waals surface area contributed by atoms with E-state index < -0.39 is 0 Å². The van der Waals surface area contributed by atoms with Crippen molar-refractivity contribution in [1.82, 2.24) is 9.97 Å². The first kappa shape index (κ1) is 13.3. The van der Waals surface area contributed by atoms with Gasteiger partial charge in [0, 0.05) is 19.0 Å². The number of hydrogen-bond donors (Lipinski definition) is 0. The van der Waals surface area contributed by atoms with Crippen LogP contribution in [0.1, 0.15) is 13.3 Å². The van der Waals surface area contributed by atoms with E-state index in [1.54, 1.807) is 13.3 Å². The Bertz CT molecular complexity index is 566. The molecule has 1 aromatic carbocycles. The maximum Gasteiger partial charge on any atom is 0.307 e. The van der Waals surface area contributed by atoms with E-state index in [0.717, 1.165) is 16.7 Å². The van der Waals surface area contributed by atoms with Gasteiger partial charge in [-0.2, -0.15) is 0 Å². The molecule has 0 aliphatic heterocycles. The summed E-state index contributed by atoms with van der Waals surface area (Å²) < 4.78 is 4.92. The Morgan fingerprint density at radius 2 is 2.11 bits per heavy atom. The Balaban J connectivity index is 2.13. The normalized spacial score (nSPS) is 10.4. The lowest BCUT2D eigenvalue weighted by molar-refractivity contribution is -0.142. The van der Waals surface area contributed by atoms with Gasteiger partial charge in [0.2, 0.25) is 0 Å². The van der Waals surface area contributed by atoms with Crippen LogP contribution in [0.2, 0.25) is 0 Å². The van der Waals surface area contributed by atoms with Crippen LogP contribution in [0.15, 0.2) is 30.6 Å². The number of nitrogens with zero attached hydrogens (tertiary/aromatic N) is 3. The van der Waals surface area contributed by atoms with Crippen molar-refractivity contribution in [2.45, 2.75) is 13.3 Å². The van der Waals surface area contributed by atoms with Gasteiger partial charge in [0.05, 0.1) is 18.5 Å². The number of carbonyl (C=O) groups is 1. The number of rotatable bonds is 5. The average Bonchev–Trinajstić information content (AvgIpc) is 2.44. The lowest BCUT2D eigenvalue weighted by Gasteiger charge is -2.18. The Morgan fingerprint density at radius 3 is 2.89 bits per heavy atom. The molecule has 100 valence electrons. The quantitative estimate of drug-likeness (QED) is 0.769. The molecule has 1 heterocycles. The molecule has 0 bridgehead atoms. The molecular weight excluding hydrogens is 242 g/mol. The molecule has 19 heavy (non-hydrogen) atoms. The van der Waals surface area contributed by atoms with Crippen LogP contribution in [0.4, 0.5) is 5.82 Å². The second-order valence-electron chi connectivity index (χ2n) is 4.19. The summed E-state index contributed by atoms with van der Waals surface area (Å²) in [5.41, 5.74) is 0.899. The summed E-state index contributed by atoms with van der Waals surface area (Å²) in [6, 6.07) is 7.82. The maximum atomic E-state index is 11.4. The van der Waals surface area contributed by atoms with Gasteiger partial charge >= 0.3 is 5.97 Å². The van der Waals surface area contributed by atoms with E-state index >= 15 is 0 Å². The van der Waals surface area contributed by atoms with Gasteiger partial charge in [-0.15, -0.1) is 0 Å². The zero-order valence-corrected chi connectivity index (χ0v) is 11.2. The Hall–Kier alpha value is -2.17. The summed E-state index contributed by atoms with van der Waals surface area (Å²) in [4.78, 5) is 21.8. The van der Waals surface area contributed by atoms with Crippen LogP contribution in [0, 0.1) is 0 Å². The van der Waals surface area contributed by atoms with E-state index in [9.17, 15) is 4.79 Å². The molecule has 0 fully saturated rings. The number of para-hydroxylation sites is 1. The predicted molar refractivity (Wildman–Crippen MR) is 74.1 cm³/mol. The highest BCUT2D eigenvalue weighted by molar-refractivity contribution is 5.89. The first-order chi connectivity index (χ1) is 9.22. The van der Waals surface area contributed by atoms with Gasteiger partial charge in [0.1, 0.15) is 12.1 Å². The summed E-state index contributed by atoms with van der Waals surface area (Å²) >= 11 is 0. The van der Waals surface area contributed by atoms with E-state index in [0.29, 0.717) is 19.6 Å². The summed E-state index contributed by atoms with van der Waals surface area (Å²) in [5.74, 6) is 0.641. The van der Waals surface area contributed by atoms with Crippen molar-refractivity contribution in [3.8, 4) is 0 Å². The van der Waals surface area contributed by atoms with Crippen LogP contribution in [0.3, 0.4) is 0 Å². The molecule has 0 N–H and O–H groups in total. The standard InChI is InChI=1S/C14H17N3O2/c1-3-19-13(18)8-9-17(2)14-11-6-4-5-7-12(11)15-10-16-14/h4-7,10H,3,8-9H2,1-2H3. The monoisotopic (exact) mass is 259 g/mol. The zero-order chi connectivity index (χ0) is 13.7. The van der Waals surface area contributed by atoms with Crippen LogP contribution >= 0.6 is 0 Å². The smallest absolute Gasteiger partial charge is 0.307 e. The second-order valence-corrected chi connectivity index (χ2v) is 4.19. The van der Waals surface area contributed by atoms with Crippen LogP contribution in [-0.2, 0) is 9.53 Å². The summed E-state index contributed by atoms with van der Waals surface area (Å²) in [5, 5.41) is 0.983. The third-order valence-electron chi connectivity index (χ3n) is 2.84. The van der Waals surface area contributed by atoms with Crippen molar-refractivity contribution in [3.63, 3.8) is 0 Å². The highest BCUT2D eigenvalue weighted by Crippen LogP contribution is 2.21. The molecule has 2 aromatic rings. The van der Waals surface area contributed by atoms with E-state index in [1.165, 1.54) is 0 Å². The van der Waals surface area contributed by atoms with Gasteiger partial charge < -0.3 is 9.64 Å². The van der Waals surface area contributed by atoms with Crippen molar-refractivity contribution in [1.29, 1.82) is 0 Å². The van der Waals surface area contributed by atoms with E-state index in [2.05, 4.69) is 9.97 Å². The first-order valence-corrected chi connectivity index (χ1v) is 6.29. The summed E-state index contributed by atoms with van der Waals surface area (Å²) in [7, 11) is 1.91. The number of ether oxygens (including phenoxy) is 1. The molecule has 2 rings (SSSR count). The van der Waals surface area contributed by atoms with Crippen molar-refractivity contribution >= 4 is 22.7 Å². The van der Waals surface area contributed by atoms with Crippen LogP contribution in [-0.4, -0.2) is 36.1 Å². The lowest BCUT2D eigenvalue weighted by atomic mass is 10.2. The Labute approximate surface area is 112 Å². The van der Waals surface area contributed by atoms with Crippen LogP contribution < -0.4 is 4.90 Å². The van der Waals surface area contributed by atoms with Crippen molar-refractivity contribution in [3.05, 3.63) is 30.6 Å². The van der Waals surface area contributed by atoms with Crippen molar-refractivity contribution < 1.29 is 9.53 Å². The topological polar surface area (TPSA) is 55.3 Å². The first-order valence-electron chi connectivity index (χ1n) is 6.29. The summed E-state index contributed by atoms with van der Waals surface area (Å²) in [6.45, 7) is 2.79. The largest absolute Gasteiger partial charge is 0.466 e. The Morgan fingerprint density at radius 1 is 1.32 bits per heavy atom. The molecule has 0 atom stereocenters. The molecular formula is C14H17N3O2. The number of aromatic nitrogens is 2. The molecule has 0 saturated heterocycles. The van der Waals surface area contributed by atoms with E-state index in [4.69, 9.17) is 4.74 Å². The van der Waals surface area contributed by atoms with Crippen LogP contribution in [0.5, 0.6) is 0 Å². The number of esters is 1. The summed E-state index contributed by atoms with van der Waals surface area (Å²) in [6.07, 6.45) is 1.89.